The van der Waals surface area contributed by atoms with Crippen molar-refractivity contribution in [3.8, 4) is 0 Å². The molecule has 2 rings (SSSR count). The van der Waals surface area contributed by atoms with E-state index in [1.165, 1.54) is 23.1 Å². The Morgan fingerprint density at radius 2 is 2.09 bits per heavy atom. The summed E-state index contributed by atoms with van der Waals surface area (Å²) in [5.74, 6) is -0.141. The standard InChI is InChI=1S/C15H20N2O3S2/c1-6-20-11(18)7-21-15-16-13-12(9(4)10(5)22-13)14(19)17(15)8(2)3/h8H,6-7H2,1-5H3. The third-order valence-electron chi connectivity index (χ3n) is 3.34. The Kier molecular flexibility index (Phi) is 5.28. The summed E-state index contributed by atoms with van der Waals surface area (Å²) in [4.78, 5) is 30.8. The number of carbonyl (C=O) groups excluding carboxylic acids is 1. The Balaban J connectivity index is 2.51. The Morgan fingerprint density at radius 1 is 1.41 bits per heavy atom. The zero-order valence-corrected chi connectivity index (χ0v) is 15.1. The summed E-state index contributed by atoms with van der Waals surface area (Å²) in [6.07, 6.45) is 0. The SMILES string of the molecule is CCOC(=O)CSc1nc2sc(C)c(C)c2c(=O)n1C(C)C. The van der Waals surface area contributed by atoms with Gasteiger partial charge in [-0.25, -0.2) is 4.98 Å². The van der Waals surface area contributed by atoms with E-state index in [9.17, 15) is 9.59 Å². The molecule has 2 aromatic rings. The molecule has 0 unspecified atom stereocenters. The van der Waals surface area contributed by atoms with E-state index in [4.69, 9.17) is 4.74 Å². The van der Waals surface area contributed by atoms with Crippen molar-refractivity contribution in [2.24, 2.45) is 0 Å². The Hall–Kier alpha value is -1.34. The molecule has 22 heavy (non-hydrogen) atoms. The number of carbonyl (C=O) groups is 1. The first-order valence-electron chi connectivity index (χ1n) is 7.17. The van der Waals surface area contributed by atoms with Crippen LogP contribution in [0.25, 0.3) is 10.2 Å². The zero-order valence-electron chi connectivity index (χ0n) is 13.4. The largest absolute Gasteiger partial charge is 0.465 e. The van der Waals surface area contributed by atoms with E-state index < -0.39 is 0 Å². The number of rotatable bonds is 5. The lowest BCUT2D eigenvalue weighted by Crippen LogP contribution is -2.25. The van der Waals surface area contributed by atoms with E-state index in [0.29, 0.717) is 17.1 Å². The van der Waals surface area contributed by atoms with Gasteiger partial charge in [-0.1, -0.05) is 11.8 Å². The highest BCUT2D eigenvalue weighted by molar-refractivity contribution is 7.99. The van der Waals surface area contributed by atoms with Gasteiger partial charge >= 0.3 is 5.97 Å². The number of aromatic nitrogens is 2. The van der Waals surface area contributed by atoms with Crippen LogP contribution in [0.2, 0.25) is 0 Å². The number of esters is 1. The van der Waals surface area contributed by atoms with Crippen LogP contribution in [0.5, 0.6) is 0 Å². The van der Waals surface area contributed by atoms with Crippen LogP contribution in [0.4, 0.5) is 0 Å². The second kappa shape index (κ2) is 6.83. The Labute approximate surface area is 137 Å². The molecular weight excluding hydrogens is 320 g/mol. The highest BCUT2D eigenvalue weighted by Crippen LogP contribution is 2.29. The topological polar surface area (TPSA) is 61.2 Å². The third-order valence-corrected chi connectivity index (χ3v) is 5.37. The smallest absolute Gasteiger partial charge is 0.316 e. The van der Waals surface area contributed by atoms with Gasteiger partial charge in [-0.3, -0.25) is 14.2 Å². The predicted molar refractivity (Wildman–Crippen MR) is 91.1 cm³/mol. The monoisotopic (exact) mass is 340 g/mol. The molecule has 0 saturated heterocycles. The minimum atomic E-state index is -0.296. The maximum Gasteiger partial charge on any atom is 0.316 e. The van der Waals surface area contributed by atoms with Crippen molar-refractivity contribution in [2.45, 2.75) is 45.8 Å². The quantitative estimate of drug-likeness (QED) is 0.475. The maximum absolute atomic E-state index is 12.8. The molecule has 0 fully saturated rings. The van der Waals surface area contributed by atoms with Gasteiger partial charge in [0.2, 0.25) is 0 Å². The summed E-state index contributed by atoms with van der Waals surface area (Å²) in [5, 5.41) is 1.26. The molecule has 0 saturated carbocycles. The first kappa shape index (κ1) is 17.0. The molecule has 0 spiro atoms. The first-order valence-corrected chi connectivity index (χ1v) is 8.97. The molecule has 0 aromatic carbocycles. The van der Waals surface area contributed by atoms with Crippen molar-refractivity contribution in [3.05, 3.63) is 20.8 Å². The van der Waals surface area contributed by atoms with Gasteiger partial charge in [0.15, 0.2) is 5.16 Å². The molecule has 0 aliphatic carbocycles. The predicted octanol–water partition coefficient (Wildman–Crippen LogP) is 3.31. The highest BCUT2D eigenvalue weighted by atomic mass is 32.2. The summed E-state index contributed by atoms with van der Waals surface area (Å²) in [5.41, 5.74) is 0.960. The van der Waals surface area contributed by atoms with Crippen molar-refractivity contribution < 1.29 is 9.53 Å². The molecule has 0 bridgehead atoms. The van der Waals surface area contributed by atoms with Gasteiger partial charge in [0.05, 0.1) is 17.7 Å². The number of thiophene rings is 1. The van der Waals surface area contributed by atoms with Crippen LogP contribution < -0.4 is 5.56 Å². The van der Waals surface area contributed by atoms with Crippen molar-refractivity contribution in [1.29, 1.82) is 0 Å². The van der Waals surface area contributed by atoms with Gasteiger partial charge < -0.3 is 4.74 Å². The molecule has 0 N–H and O–H groups in total. The summed E-state index contributed by atoms with van der Waals surface area (Å²) < 4.78 is 6.59. The van der Waals surface area contributed by atoms with E-state index in [0.717, 1.165) is 15.3 Å². The molecule has 2 heterocycles. The van der Waals surface area contributed by atoms with E-state index in [1.54, 1.807) is 11.5 Å². The van der Waals surface area contributed by atoms with E-state index >= 15 is 0 Å². The lowest BCUT2D eigenvalue weighted by atomic mass is 10.2. The van der Waals surface area contributed by atoms with Crippen LogP contribution in [-0.4, -0.2) is 27.9 Å². The van der Waals surface area contributed by atoms with Gasteiger partial charge in [0.25, 0.3) is 5.56 Å². The molecule has 5 nitrogen and oxygen atoms in total. The van der Waals surface area contributed by atoms with Crippen molar-refractivity contribution in [1.82, 2.24) is 9.55 Å². The van der Waals surface area contributed by atoms with Gasteiger partial charge in [0.1, 0.15) is 4.83 Å². The number of ether oxygens (including phenoxy) is 1. The summed E-state index contributed by atoms with van der Waals surface area (Å²) in [6.45, 7) is 9.95. The number of hydrogen-bond acceptors (Lipinski definition) is 6. The van der Waals surface area contributed by atoms with E-state index in [-0.39, 0.29) is 23.3 Å². The van der Waals surface area contributed by atoms with Gasteiger partial charge in [-0.2, -0.15) is 0 Å². The second-order valence-electron chi connectivity index (χ2n) is 5.22. The van der Waals surface area contributed by atoms with Gasteiger partial charge in [-0.15, -0.1) is 11.3 Å². The molecule has 0 aliphatic heterocycles. The van der Waals surface area contributed by atoms with Crippen LogP contribution in [0.3, 0.4) is 0 Å². The number of hydrogen-bond donors (Lipinski definition) is 0. The van der Waals surface area contributed by atoms with Crippen molar-refractivity contribution in [2.75, 3.05) is 12.4 Å². The second-order valence-corrected chi connectivity index (χ2v) is 7.37. The highest BCUT2D eigenvalue weighted by Gasteiger charge is 2.19. The molecule has 0 aliphatic rings. The first-order chi connectivity index (χ1) is 10.4. The van der Waals surface area contributed by atoms with Crippen LogP contribution in [0.15, 0.2) is 9.95 Å². The molecule has 0 radical (unpaired) electrons. The molecule has 120 valence electrons. The van der Waals surface area contributed by atoms with E-state index in [1.807, 2.05) is 27.7 Å². The fraction of sp³-hybridized carbons (Fsp3) is 0.533. The lowest BCUT2D eigenvalue weighted by molar-refractivity contribution is -0.139. The molecular formula is C15H20N2O3S2. The summed E-state index contributed by atoms with van der Waals surface area (Å²) in [6, 6.07) is -0.0197. The molecule has 0 amide bonds. The lowest BCUT2D eigenvalue weighted by Gasteiger charge is -2.15. The van der Waals surface area contributed by atoms with Crippen molar-refractivity contribution >= 4 is 39.3 Å². The van der Waals surface area contributed by atoms with E-state index in [2.05, 4.69) is 4.98 Å². The fourth-order valence-electron chi connectivity index (χ4n) is 2.17. The molecule has 0 atom stereocenters. The maximum atomic E-state index is 12.8. The minimum Gasteiger partial charge on any atom is -0.465 e. The normalized spacial score (nSPS) is 11.4. The van der Waals surface area contributed by atoms with Crippen LogP contribution in [0.1, 0.15) is 37.3 Å². The van der Waals surface area contributed by atoms with Crippen LogP contribution in [0, 0.1) is 13.8 Å². The number of fused-ring (bicyclic) bond motifs is 1. The number of aryl methyl sites for hydroxylation is 2. The summed E-state index contributed by atoms with van der Waals surface area (Å²) >= 11 is 2.77. The summed E-state index contributed by atoms with van der Waals surface area (Å²) in [7, 11) is 0. The Morgan fingerprint density at radius 3 is 2.68 bits per heavy atom. The minimum absolute atomic E-state index is 0.0197. The molecule has 7 heteroatoms. The van der Waals surface area contributed by atoms with Gasteiger partial charge in [0, 0.05) is 10.9 Å². The number of thioether (sulfide) groups is 1. The number of nitrogens with zero attached hydrogens (tertiary/aromatic N) is 2. The average Bonchev–Trinajstić information content (AvgIpc) is 2.71. The van der Waals surface area contributed by atoms with Gasteiger partial charge in [-0.05, 0) is 40.2 Å². The van der Waals surface area contributed by atoms with Crippen molar-refractivity contribution in [3.63, 3.8) is 0 Å². The average molecular weight is 340 g/mol. The fourth-order valence-corrected chi connectivity index (χ4v) is 4.17. The Bertz CT molecular complexity index is 762. The molecule has 2 aromatic heterocycles. The zero-order chi connectivity index (χ0) is 16.4. The van der Waals surface area contributed by atoms with Crippen LogP contribution in [-0.2, 0) is 9.53 Å². The van der Waals surface area contributed by atoms with Crippen LogP contribution >= 0.6 is 23.1 Å². The third kappa shape index (κ3) is 3.20.